The summed E-state index contributed by atoms with van der Waals surface area (Å²) in [6.07, 6.45) is 0.835. The summed E-state index contributed by atoms with van der Waals surface area (Å²) >= 11 is 0. The van der Waals surface area contributed by atoms with E-state index in [-0.39, 0.29) is 6.03 Å². The fourth-order valence-corrected chi connectivity index (χ4v) is 3.33. The molecule has 0 fully saturated rings. The van der Waals surface area contributed by atoms with Crippen LogP contribution in [0.2, 0.25) is 0 Å². The Hall–Kier alpha value is -2.89. The van der Waals surface area contributed by atoms with Crippen LogP contribution in [0.4, 0.5) is 10.5 Å². The van der Waals surface area contributed by atoms with E-state index in [0.717, 1.165) is 17.7 Å². The number of para-hydroxylation sites is 1. The normalized spacial score (nSPS) is 15.2. The van der Waals surface area contributed by atoms with Crippen molar-refractivity contribution >= 4 is 11.7 Å². The molecule has 2 aliphatic heterocycles. The lowest BCUT2D eigenvalue weighted by Gasteiger charge is -2.30. The predicted octanol–water partition coefficient (Wildman–Crippen LogP) is 3.45. The molecule has 0 saturated carbocycles. The smallest absolute Gasteiger partial charge is 0.322 e. The molecule has 0 radical (unpaired) electrons. The number of anilines is 1. The van der Waals surface area contributed by atoms with Gasteiger partial charge in [0.05, 0.1) is 12.3 Å². The van der Waals surface area contributed by atoms with Gasteiger partial charge in [0.1, 0.15) is 19.0 Å². The summed E-state index contributed by atoms with van der Waals surface area (Å²) < 4.78 is 16.8. The fourth-order valence-electron chi connectivity index (χ4n) is 3.33. The number of carbonyl (C=O) groups excluding carboxylic acids is 1. The molecule has 0 spiro atoms. The lowest BCUT2D eigenvalue weighted by molar-refractivity contribution is 0.172. The van der Waals surface area contributed by atoms with Crippen LogP contribution in [0.25, 0.3) is 0 Å². The van der Waals surface area contributed by atoms with Gasteiger partial charge in [-0.15, -0.1) is 0 Å². The molecule has 6 nitrogen and oxygen atoms in total. The molecule has 4 rings (SSSR count). The van der Waals surface area contributed by atoms with E-state index in [0.29, 0.717) is 50.1 Å². The number of nitrogens with zero attached hydrogens (tertiary/aromatic N) is 1. The first kappa shape index (κ1) is 16.6. The van der Waals surface area contributed by atoms with Gasteiger partial charge in [-0.05, 0) is 48.7 Å². The Kier molecular flexibility index (Phi) is 4.56. The third-order valence-electron chi connectivity index (χ3n) is 4.60. The zero-order valence-electron chi connectivity index (χ0n) is 14.8. The minimum Gasteiger partial charge on any atom is -0.494 e. The molecule has 1 N–H and O–H groups in total. The monoisotopic (exact) mass is 354 g/mol. The Morgan fingerprint density at radius 2 is 2.08 bits per heavy atom. The van der Waals surface area contributed by atoms with E-state index >= 15 is 0 Å². The molecule has 0 atom stereocenters. The molecule has 2 amide bonds. The van der Waals surface area contributed by atoms with Crippen LogP contribution in [0.5, 0.6) is 17.2 Å². The molecule has 0 bridgehead atoms. The van der Waals surface area contributed by atoms with Crippen molar-refractivity contribution in [3.8, 4) is 17.2 Å². The quantitative estimate of drug-likeness (QED) is 0.917. The van der Waals surface area contributed by atoms with Gasteiger partial charge in [-0.2, -0.15) is 0 Å². The Bertz CT molecular complexity index is 821. The van der Waals surface area contributed by atoms with E-state index in [1.165, 1.54) is 5.56 Å². The molecule has 2 aliphatic rings. The Labute approximate surface area is 152 Å². The van der Waals surface area contributed by atoms with E-state index in [1.54, 1.807) is 4.90 Å². The molecule has 136 valence electrons. The van der Waals surface area contributed by atoms with Crippen molar-refractivity contribution in [1.82, 2.24) is 4.90 Å². The summed E-state index contributed by atoms with van der Waals surface area (Å²) in [7, 11) is 0. The van der Waals surface area contributed by atoms with E-state index in [4.69, 9.17) is 14.2 Å². The second-order valence-corrected chi connectivity index (χ2v) is 6.29. The maximum atomic E-state index is 12.8. The van der Waals surface area contributed by atoms with Crippen molar-refractivity contribution in [3.05, 3.63) is 47.5 Å². The Morgan fingerprint density at radius 1 is 1.19 bits per heavy atom. The maximum absolute atomic E-state index is 12.8. The van der Waals surface area contributed by atoms with Crippen LogP contribution >= 0.6 is 0 Å². The van der Waals surface area contributed by atoms with Gasteiger partial charge in [0.25, 0.3) is 0 Å². The van der Waals surface area contributed by atoms with Crippen molar-refractivity contribution < 1.29 is 19.0 Å². The first-order valence-corrected chi connectivity index (χ1v) is 8.93. The van der Waals surface area contributed by atoms with Crippen LogP contribution in [0.1, 0.15) is 18.1 Å². The summed E-state index contributed by atoms with van der Waals surface area (Å²) in [6.45, 7) is 4.84. The average Bonchev–Trinajstić information content (AvgIpc) is 2.68. The predicted molar refractivity (Wildman–Crippen MR) is 98.2 cm³/mol. The van der Waals surface area contributed by atoms with E-state index in [1.807, 2.05) is 37.3 Å². The van der Waals surface area contributed by atoms with Gasteiger partial charge in [-0.3, -0.25) is 0 Å². The van der Waals surface area contributed by atoms with Crippen molar-refractivity contribution in [2.24, 2.45) is 0 Å². The highest BCUT2D eigenvalue weighted by molar-refractivity contribution is 5.91. The number of hydrogen-bond acceptors (Lipinski definition) is 4. The minimum atomic E-state index is -0.139. The topological polar surface area (TPSA) is 60.0 Å². The highest BCUT2D eigenvalue weighted by Crippen LogP contribution is 2.37. The number of ether oxygens (including phenoxy) is 3. The molecule has 0 aromatic heterocycles. The van der Waals surface area contributed by atoms with Crippen LogP contribution < -0.4 is 19.5 Å². The van der Waals surface area contributed by atoms with Gasteiger partial charge in [-0.1, -0.05) is 12.1 Å². The van der Waals surface area contributed by atoms with Gasteiger partial charge in [0.2, 0.25) is 0 Å². The SMILES string of the molecule is CCOc1ccc2c(c1)CN(C(=O)Nc1cccc3c1OCCO3)CC2. The van der Waals surface area contributed by atoms with Gasteiger partial charge < -0.3 is 24.4 Å². The molecule has 2 aromatic rings. The minimum absolute atomic E-state index is 0.139. The fraction of sp³-hybridized carbons (Fsp3) is 0.350. The van der Waals surface area contributed by atoms with E-state index in [2.05, 4.69) is 11.4 Å². The van der Waals surface area contributed by atoms with Gasteiger partial charge in [0, 0.05) is 13.1 Å². The van der Waals surface area contributed by atoms with E-state index in [9.17, 15) is 4.79 Å². The number of amides is 2. The van der Waals surface area contributed by atoms with Crippen LogP contribution in [0.3, 0.4) is 0 Å². The lowest BCUT2D eigenvalue weighted by atomic mass is 10.00. The largest absolute Gasteiger partial charge is 0.494 e. The van der Waals surface area contributed by atoms with Gasteiger partial charge in [-0.25, -0.2) is 4.79 Å². The number of rotatable bonds is 3. The van der Waals surface area contributed by atoms with Crippen molar-refractivity contribution in [2.45, 2.75) is 19.9 Å². The number of benzene rings is 2. The Balaban J connectivity index is 1.49. The maximum Gasteiger partial charge on any atom is 0.322 e. The molecular formula is C20H22N2O4. The molecule has 6 heteroatoms. The summed E-state index contributed by atoms with van der Waals surface area (Å²) in [5, 5.41) is 2.96. The lowest BCUT2D eigenvalue weighted by Crippen LogP contribution is -2.39. The number of hydrogen-bond donors (Lipinski definition) is 1. The first-order valence-electron chi connectivity index (χ1n) is 8.93. The number of nitrogens with one attached hydrogen (secondary N) is 1. The second-order valence-electron chi connectivity index (χ2n) is 6.29. The van der Waals surface area contributed by atoms with Crippen molar-refractivity contribution in [3.63, 3.8) is 0 Å². The van der Waals surface area contributed by atoms with Crippen molar-refractivity contribution in [1.29, 1.82) is 0 Å². The molecule has 2 heterocycles. The molecule has 0 unspecified atom stereocenters. The van der Waals surface area contributed by atoms with Gasteiger partial charge in [0.15, 0.2) is 11.5 Å². The van der Waals surface area contributed by atoms with Gasteiger partial charge >= 0.3 is 6.03 Å². The standard InChI is InChI=1S/C20H22N2O4/c1-2-24-16-7-6-14-8-9-22(13-15(14)12-16)20(23)21-17-4-3-5-18-19(17)26-11-10-25-18/h3-7,12H,2,8-11,13H2,1H3,(H,21,23). The number of urea groups is 1. The van der Waals surface area contributed by atoms with E-state index < -0.39 is 0 Å². The zero-order valence-corrected chi connectivity index (χ0v) is 14.8. The second kappa shape index (κ2) is 7.15. The summed E-state index contributed by atoms with van der Waals surface area (Å²) in [6, 6.07) is 11.5. The molecule has 2 aromatic carbocycles. The first-order chi connectivity index (χ1) is 12.7. The highest BCUT2D eigenvalue weighted by Gasteiger charge is 2.23. The summed E-state index contributed by atoms with van der Waals surface area (Å²) in [4.78, 5) is 14.6. The van der Waals surface area contributed by atoms with Crippen LogP contribution in [-0.2, 0) is 13.0 Å². The van der Waals surface area contributed by atoms with Crippen molar-refractivity contribution in [2.75, 3.05) is 31.7 Å². The highest BCUT2D eigenvalue weighted by atomic mass is 16.6. The molecule has 0 saturated heterocycles. The number of carbonyl (C=O) groups is 1. The molecule has 0 aliphatic carbocycles. The summed E-state index contributed by atoms with van der Waals surface area (Å²) in [5.41, 5.74) is 3.04. The van der Waals surface area contributed by atoms with Crippen LogP contribution in [0.15, 0.2) is 36.4 Å². The third-order valence-corrected chi connectivity index (χ3v) is 4.60. The molecule has 26 heavy (non-hydrogen) atoms. The average molecular weight is 354 g/mol. The number of fused-ring (bicyclic) bond motifs is 2. The Morgan fingerprint density at radius 3 is 2.96 bits per heavy atom. The van der Waals surface area contributed by atoms with Crippen LogP contribution in [0, 0.1) is 0 Å². The summed E-state index contributed by atoms with van der Waals surface area (Å²) in [5.74, 6) is 2.11. The zero-order chi connectivity index (χ0) is 17.9. The third kappa shape index (κ3) is 3.27. The van der Waals surface area contributed by atoms with Crippen LogP contribution in [-0.4, -0.2) is 37.3 Å². The molecular weight excluding hydrogens is 332 g/mol.